The van der Waals surface area contributed by atoms with Crippen LogP contribution in [0.2, 0.25) is 0 Å². The van der Waals surface area contributed by atoms with Gasteiger partial charge in [0, 0.05) is 6.54 Å². The molecule has 0 atom stereocenters. The van der Waals surface area contributed by atoms with Gasteiger partial charge >= 0.3 is 0 Å². The van der Waals surface area contributed by atoms with Crippen LogP contribution in [0.5, 0.6) is 5.88 Å². The van der Waals surface area contributed by atoms with Crippen molar-refractivity contribution in [1.29, 1.82) is 0 Å². The third-order valence-corrected chi connectivity index (χ3v) is 2.68. The summed E-state index contributed by atoms with van der Waals surface area (Å²) < 4.78 is 6.45. The zero-order valence-electron chi connectivity index (χ0n) is 10.9. The molecule has 1 heterocycles. The molecule has 0 aromatic carbocycles. The Bertz CT molecular complexity index is 363. The van der Waals surface area contributed by atoms with Crippen molar-refractivity contribution >= 4 is 21.9 Å². The molecule has 1 aromatic rings. The molecule has 0 aliphatic rings. The average Bonchev–Trinajstić information content (AvgIpc) is 2.21. The number of rotatable bonds is 5. The van der Waals surface area contributed by atoms with Crippen molar-refractivity contribution in [1.82, 2.24) is 9.97 Å². The monoisotopic (exact) mass is 301 g/mol. The summed E-state index contributed by atoms with van der Waals surface area (Å²) in [6, 6.07) is 0. The van der Waals surface area contributed by atoms with Crippen LogP contribution in [0.1, 0.15) is 34.1 Å². The highest BCUT2D eigenvalue weighted by Gasteiger charge is 2.11. The summed E-state index contributed by atoms with van der Waals surface area (Å²) in [6.07, 6.45) is 2.69. The van der Waals surface area contributed by atoms with E-state index < -0.39 is 0 Å². The highest BCUT2D eigenvalue weighted by Crippen LogP contribution is 2.24. The lowest BCUT2D eigenvalue weighted by Gasteiger charge is -2.18. The number of anilines is 1. The standard InChI is InChI=1S/C12H20BrN3O/c1-5-14-11-15-8-9(13)10(16-11)17-7-6-12(2,3)4/h8H,5-7H2,1-4H3,(H,14,15,16). The molecule has 0 saturated heterocycles. The summed E-state index contributed by atoms with van der Waals surface area (Å²) >= 11 is 3.38. The van der Waals surface area contributed by atoms with E-state index in [4.69, 9.17) is 4.74 Å². The van der Waals surface area contributed by atoms with Gasteiger partial charge in [0.1, 0.15) is 0 Å². The average molecular weight is 302 g/mol. The Kier molecular flexibility index (Phi) is 5.18. The maximum Gasteiger partial charge on any atom is 0.232 e. The second kappa shape index (κ2) is 6.19. The number of halogens is 1. The van der Waals surface area contributed by atoms with Crippen LogP contribution in [0.15, 0.2) is 10.7 Å². The third-order valence-electron chi connectivity index (χ3n) is 2.14. The van der Waals surface area contributed by atoms with Gasteiger partial charge in [-0.25, -0.2) is 4.98 Å². The van der Waals surface area contributed by atoms with Gasteiger partial charge in [-0.15, -0.1) is 0 Å². The van der Waals surface area contributed by atoms with Crippen molar-refractivity contribution in [2.75, 3.05) is 18.5 Å². The molecule has 0 radical (unpaired) electrons. The molecule has 0 aliphatic heterocycles. The second-order valence-corrected chi connectivity index (χ2v) is 5.89. The summed E-state index contributed by atoms with van der Waals surface area (Å²) in [6.45, 7) is 10.0. The molecule has 0 spiro atoms. The predicted molar refractivity (Wildman–Crippen MR) is 73.5 cm³/mol. The van der Waals surface area contributed by atoms with Crippen LogP contribution in [0.4, 0.5) is 5.95 Å². The van der Waals surface area contributed by atoms with Gasteiger partial charge in [-0.1, -0.05) is 20.8 Å². The van der Waals surface area contributed by atoms with Gasteiger partial charge in [0.05, 0.1) is 17.3 Å². The maximum absolute atomic E-state index is 5.66. The number of hydrogen-bond acceptors (Lipinski definition) is 4. The summed E-state index contributed by atoms with van der Waals surface area (Å²) in [7, 11) is 0. The van der Waals surface area contributed by atoms with Gasteiger partial charge in [-0.3, -0.25) is 0 Å². The normalized spacial score (nSPS) is 11.4. The van der Waals surface area contributed by atoms with Crippen LogP contribution < -0.4 is 10.1 Å². The number of nitrogens with zero attached hydrogens (tertiary/aromatic N) is 2. The molecule has 4 nitrogen and oxygen atoms in total. The molecule has 0 bridgehead atoms. The molecule has 1 rings (SSSR count). The predicted octanol–water partition coefficient (Wildman–Crippen LogP) is 3.49. The van der Waals surface area contributed by atoms with E-state index in [0.29, 0.717) is 18.4 Å². The Morgan fingerprint density at radius 1 is 1.41 bits per heavy atom. The van der Waals surface area contributed by atoms with Crippen molar-refractivity contribution in [3.8, 4) is 5.88 Å². The lowest BCUT2D eigenvalue weighted by Crippen LogP contribution is -2.12. The van der Waals surface area contributed by atoms with E-state index in [-0.39, 0.29) is 5.41 Å². The Morgan fingerprint density at radius 2 is 2.12 bits per heavy atom. The molecular formula is C12H20BrN3O. The molecule has 0 fully saturated rings. The second-order valence-electron chi connectivity index (χ2n) is 5.04. The third kappa shape index (κ3) is 5.35. The zero-order valence-corrected chi connectivity index (χ0v) is 12.5. The largest absolute Gasteiger partial charge is 0.477 e. The topological polar surface area (TPSA) is 47.0 Å². The molecule has 0 aliphatic carbocycles. The van der Waals surface area contributed by atoms with E-state index in [9.17, 15) is 0 Å². The zero-order chi connectivity index (χ0) is 12.9. The fraction of sp³-hybridized carbons (Fsp3) is 0.667. The Morgan fingerprint density at radius 3 is 2.71 bits per heavy atom. The summed E-state index contributed by atoms with van der Waals surface area (Å²) in [5, 5.41) is 3.06. The minimum absolute atomic E-state index is 0.268. The van der Waals surface area contributed by atoms with E-state index in [0.717, 1.165) is 17.4 Å². The lowest BCUT2D eigenvalue weighted by molar-refractivity contribution is 0.235. The molecule has 0 saturated carbocycles. The minimum Gasteiger partial charge on any atom is -0.477 e. The Labute approximate surface area is 111 Å². The van der Waals surface area contributed by atoms with E-state index in [1.54, 1.807) is 6.20 Å². The first-order valence-corrected chi connectivity index (χ1v) is 6.61. The molecular weight excluding hydrogens is 282 g/mol. The van der Waals surface area contributed by atoms with E-state index in [1.165, 1.54) is 0 Å². The minimum atomic E-state index is 0.268. The smallest absolute Gasteiger partial charge is 0.232 e. The summed E-state index contributed by atoms with van der Waals surface area (Å²) in [5.74, 6) is 1.20. The van der Waals surface area contributed by atoms with Gasteiger partial charge in [0.15, 0.2) is 0 Å². The fourth-order valence-electron chi connectivity index (χ4n) is 1.15. The number of aromatic nitrogens is 2. The van der Waals surface area contributed by atoms with Crippen LogP contribution in [-0.2, 0) is 0 Å². The molecule has 1 N–H and O–H groups in total. The lowest BCUT2D eigenvalue weighted by atomic mass is 9.93. The summed E-state index contributed by atoms with van der Waals surface area (Å²) in [4.78, 5) is 8.43. The SMILES string of the molecule is CCNc1ncc(Br)c(OCCC(C)(C)C)n1. The first-order valence-electron chi connectivity index (χ1n) is 5.81. The fourth-order valence-corrected chi connectivity index (χ4v) is 1.46. The quantitative estimate of drug-likeness (QED) is 0.904. The molecule has 0 unspecified atom stereocenters. The van der Waals surface area contributed by atoms with Gasteiger partial charge in [-0.05, 0) is 34.7 Å². The van der Waals surface area contributed by atoms with Crippen LogP contribution in [-0.4, -0.2) is 23.1 Å². The Balaban J connectivity index is 2.60. The highest BCUT2D eigenvalue weighted by atomic mass is 79.9. The van der Waals surface area contributed by atoms with Crippen molar-refractivity contribution < 1.29 is 4.74 Å². The highest BCUT2D eigenvalue weighted by molar-refractivity contribution is 9.10. The molecule has 0 amide bonds. The van der Waals surface area contributed by atoms with E-state index >= 15 is 0 Å². The number of nitrogens with one attached hydrogen (secondary N) is 1. The van der Waals surface area contributed by atoms with Crippen molar-refractivity contribution in [2.45, 2.75) is 34.1 Å². The number of hydrogen-bond donors (Lipinski definition) is 1. The summed E-state index contributed by atoms with van der Waals surface area (Å²) in [5.41, 5.74) is 0.268. The molecule has 17 heavy (non-hydrogen) atoms. The van der Waals surface area contributed by atoms with Gasteiger partial charge < -0.3 is 10.1 Å². The number of ether oxygens (including phenoxy) is 1. The van der Waals surface area contributed by atoms with Crippen LogP contribution in [0, 0.1) is 5.41 Å². The van der Waals surface area contributed by atoms with E-state index in [1.807, 2.05) is 6.92 Å². The molecule has 5 heteroatoms. The molecule has 1 aromatic heterocycles. The van der Waals surface area contributed by atoms with Crippen LogP contribution >= 0.6 is 15.9 Å². The van der Waals surface area contributed by atoms with Gasteiger partial charge in [0.2, 0.25) is 11.8 Å². The van der Waals surface area contributed by atoms with E-state index in [2.05, 4.69) is 52.0 Å². The molecule has 96 valence electrons. The first kappa shape index (κ1) is 14.2. The van der Waals surface area contributed by atoms with Crippen molar-refractivity contribution in [3.63, 3.8) is 0 Å². The van der Waals surface area contributed by atoms with Crippen LogP contribution in [0.25, 0.3) is 0 Å². The Hall–Kier alpha value is -0.840. The van der Waals surface area contributed by atoms with Crippen LogP contribution in [0.3, 0.4) is 0 Å². The van der Waals surface area contributed by atoms with Crippen molar-refractivity contribution in [2.24, 2.45) is 5.41 Å². The van der Waals surface area contributed by atoms with Gasteiger partial charge in [0.25, 0.3) is 0 Å². The van der Waals surface area contributed by atoms with Gasteiger partial charge in [-0.2, -0.15) is 4.98 Å². The van der Waals surface area contributed by atoms with Crippen molar-refractivity contribution in [3.05, 3.63) is 10.7 Å². The first-order chi connectivity index (χ1) is 7.92. The maximum atomic E-state index is 5.66.